The van der Waals surface area contributed by atoms with E-state index in [-0.39, 0.29) is 30.7 Å². The van der Waals surface area contributed by atoms with Crippen LogP contribution in [0, 0.1) is 0 Å². The molecule has 0 radical (unpaired) electrons. The van der Waals surface area contributed by atoms with Crippen LogP contribution in [0.25, 0.3) is 28.8 Å². The quantitative estimate of drug-likeness (QED) is 0.400. The molecule has 9 heteroatoms. The molecule has 0 spiro atoms. The highest BCUT2D eigenvalue weighted by Crippen LogP contribution is 2.27. The Hall–Kier alpha value is -3.65. The van der Waals surface area contributed by atoms with Gasteiger partial charge in [-0.1, -0.05) is 30.3 Å². The number of H-pyrrole nitrogens is 1. The Morgan fingerprint density at radius 1 is 0.919 bits per heavy atom. The van der Waals surface area contributed by atoms with E-state index in [1.54, 1.807) is 0 Å². The standard InChI is InChI=1S/C28H26N6O.2ClH/c1-33-12-14-34(15-13-33)27-11-8-19(18-29-27)7-10-25-22-9-6-20(17-26(22)32-31-25)16-23-21-4-2-3-5-24(21)30-28(23)35;;/h2-11,16-18,30,35H,12-15H2,1H3;2*1H/b10-7+,20-16?;;. The lowest BCUT2D eigenvalue weighted by Gasteiger charge is -2.33. The highest BCUT2D eigenvalue weighted by atomic mass is 35.5. The molecule has 0 atom stereocenters. The predicted octanol–water partition coefficient (Wildman–Crippen LogP) is 4.61. The van der Waals surface area contributed by atoms with E-state index in [0.717, 1.165) is 75.8 Å². The molecule has 0 saturated carbocycles. The number of rotatable bonds is 4. The van der Waals surface area contributed by atoms with Gasteiger partial charge in [-0.2, -0.15) is 0 Å². The van der Waals surface area contributed by atoms with Gasteiger partial charge in [-0.05, 0) is 60.3 Å². The first-order valence-corrected chi connectivity index (χ1v) is 11.8. The van der Waals surface area contributed by atoms with Crippen molar-refractivity contribution < 1.29 is 5.11 Å². The van der Waals surface area contributed by atoms with Crippen LogP contribution >= 0.6 is 24.8 Å². The molecule has 0 amide bonds. The van der Waals surface area contributed by atoms with Crippen LogP contribution in [0.4, 0.5) is 11.5 Å². The molecule has 1 fully saturated rings. The molecule has 190 valence electrons. The summed E-state index contributed by atoms with van der Waals surface area (Å²) in [5, 5.41) is 22.0. The highest BCUT2D eigenvalue weighted by molar-refractivity contribution is 5.91. The number of nitrogens with one attached hydrogen (secondary N) is 1. The number of hydrogen-bond acceptors (Lipinski definition) is 6. The minimum absolute atomic E-state index is 0. The summed E-state index contributed by atoms with van der Waals surface area (Å²) in [6.07, 6.45) is 7.87. The molecule has 2 aliphatic rings. The van der Waals surface area contributed by atoms with Crippen molar-refractivity contribution in [1.29, 1.82) is 0 Å². The number of anilines is 1. The second-order valence-corrected chi connectivity index (χ2v) is 9.01. The zero-order valence-electron chi connectivity index (χ0n) is 20.3. The molecule has 4 aromatic rings. The van der Waals surface area contributed by atoms with E-state index in [1.807, 2.05) is 66.9 Å². The molecule has 4 heterocycles. The Labute approximate surface area is 227 Å². The van der Waals surface area contributed by atoms with Gasteiger partial charge in [-0.25, -0.2) is 4.98 Å². The summed E-state index contributed by atoms with van der Waals surface area (Å²) >= 11 is 0. The average Bonchev–Trinajstić information content (AvgIpc) is 3.43. The number of azo groups is 1. The summed E-state index contributed by atoms with van der Waals surface area (Å²) < 4.78 is 0. The lowest BCUT2D eigenvalue weighted by atomic mass is 10.1. The smallest absolute Gasteiger partial charge is 0.196 e. The molecular formula is C28H28Cl2N6O. The second kappa shape index (κ2) is 11.2. The van der Waals surface area contributed by atoms with Crippen LogP contribution in [-0.4, -0.2) is 53.2 Å². The molecule has 0 bridgehead atoms. The maximum absolute atomic E-state index is 10.4. The predicted molar refractivity (Wildman–Crippen MR) is 155 cm³/mol. The number of aromatic amines is 1. The molecule has 2 aromatic carbocycles. The van der Waals surface area contributed by atoms with Crippen molar-refractivity contribution in [2.45, 2.75) is 0 Å². The number of halogens is 2. The second-order valence-electron chi connectivity index (χ2n) is 9.01. The van der Waals surface area contributed by atoms with E-state index in [1.165, 1.54) is 0 Å². The van der Waals surface area contributed by atoms with E-state index >= 15 is 0 Å². The van der Waals surface area contributed by atoms with Gasteiger partial charge in [0.2, 0.25) is 0 Å². The molecule has 2 N–H and O–H groups in total. The number of piperazine rings is 1. The zero-order valence-corrected chi connectivity index (χ0v) is 22.0. The molecule has 6 rings (SSSR count). The number of para-hydroxylation sites is 1. The van der Waals surface area contributed by atoms with Crippen molar-refractivity contribution in [3.05, 3.63) is 88.4 Å². The lowest BCUT2D eigenvalue weighted by Crippen LogP contribution is -2.44. The SMILES string of the molecule is CN1CCN(c2ccc(/C=C/C3=c4ccc(=Cc5c(O)[nH]c6ccccc56)cc4N=N3)cn2)CC1.Cl.Cl. The Morgan fingerprint density at radius 3 is 2.51 bits per heavy atom. The summed E-state index contributed by atoms with van der Waals surface area (Å²) in [7, 11) is 2.16. The van der Waals surface area contributed by atoms with Crippen molar-refractivity contribution >= 4 is 65.1 Å². The van der Waals surface area contributed by atoms with E-state index in [2.05, 4.69) is 49.2 Å². The van der Waals surface area contributed by atoms with Gasteiger partial charge in [-0.15, -0.1) is 35.0 Å². The number of aromatic hydroxyl groups is 1. The molecule has 37 heavy (non-hydrogen) atoms. The minimum atomic E-state index is 0. The molecule has 0 unspecified atom stereocenters. The van der Waals surface area contributed by atoms with Crippen LogP contribution in [-0.2, 0) is 0 Å². The average molecular weight is 535 g/mol. The number of benzene rings is 2. The summed E-state index contributed by atoms with van der Waals surface area (Å²) in [5.41, 5.74) is 4.35. The van der Waals surface area contributed by atoms with Crippen molar-refractivity contribution in [2.24, 2.45) is 10.2 Å². The molecule has 0 aliphatic carbocycles. The van der Waals surface area contributed by atoms with E-state index < -0.39 is 0 Å². The van der Waals surface area contributed by atoms with E-state index in [4.69, 9.17) is 0 Å². The fraction of sp³-hybridized carbons (Fsp3) is 0.179. The fourth-order valence-corrected chi connectivity index (χ4v) is 4.58. The van der Waals surface area contributed by atoms with Crippen LogP contribution < -0.4 is 15.3 Å². The normalized spacial score (nSPS) is 15.8. The largest absolute Gasteiger partial charge is 0.494 e. The van der Waals surface area contributed by atoms with Crippen LogP contribution in [0.15, 0.2) is 77.1 Å². The summed E-state index contributed by atoms with van der Waals surface area (Å²) in [6.45, 7) is 4.14. The maximum atomic E-state index is 10.4. The van der Waals surface area contributed by atoms with Gasteiger partial charge in [0.25, 0.3) is 0 Å². The number of likely N-dealkylation sites (N-methyl/N-ethyl adjacent to an activating group) is 1. The number of fused-ring (bicyclic) bond motifs is 2. The number of nitrogens with zero attached hydrogens (tertiary/aromatic N) is 5. The van der Waals surface area contributed by atoms with Crippen LogP contribution in [0.3, 0.4) is 0 Å². The third-order valence-electron chi connectivity index (χ3n) is 6.63. The van der Waals surface area contributed by atoms with Gasteiger partial charge in [0, 0.05) is 54.1 Å². The molecular weight excluding hydrogens is 507 g/mol. The first kappa shape index (κ1) is 26.4. The van der Waals surface area contributed by atoms with Crippen LogP contribution in [0.2, 0.25) is 0 Å². The Morgan fingerprint density at radius 2 is 1.73 bits per heavy atom. The first-order valence-electron chi connectivity index (χ1n) is 11.8. The lowest BCUT2D eigenvalue weighted by molar-refractivity contribution is 0.312. The van der Waals surface area contributed by atoms with E-state index in [0.29, 0.717) is 0 Å². The van der Waals surface area contributed by atoms with Crippen molar-refractivity contribution in [3.8, 4) is 5.88 Å². The van der Waals surface area contributed by atoms with Gasteiger partial charge in [0.15, 0.2) is 5.88 Å². The summed E-state index contributed by atoms with van der Waals surface area (Å²) in [4.78, 5) is 12.3. The van der Waals surface area contributed by atoms with Gasteiger partial charge in [0.05, 0.1) is 11.4 Å². The van der Waals surface area contributed by atoms with Crippen molar-refractivity contribution in [1.82, 2.24) is 14.9 Å². The molecule has 2 aromatic heterocycles. The van der Waals surface area contributed by atoms with Gasteiger partial charge in [0.1, 0.15) is 5.82 Å². The van der Waals surface area contributed by atoms with Crippen LogP contribution in [0.5, 0.6) is 5.88 Å². The third-order valence-corrected chi connectivity index (χ3v) is 6.63. The number of hydrogen-bond donors (Lipinski definition) is 2. The number of aromatic nitrogens is 2. The first-order chi connectivity index (χ1) is 17.1. The minimum Gasteiger partial charge on any atom is -0.494 e. The third kappa shape index (κ3) is 5.39. The van der Waals surface area contributed by atoms with Crippen LogP contribution in [0.1, 0.15) is 11.1 Å². The topological polar surface area (TPSA) is 80.1 Å². The van der Waals surface area contributed by atoms with Gasteiger partial charge >= 0.3 is 0 Å². The molecule has 1 saturated heterocycles. The number of pyridine rings is 1. The van der Waals surface area contributed by atoms with E-state index in [9.17, 15) is 5.11 Å². The fourth-order valence-electron chi connectivity index (χ4n) is 4.58. The summed E-state index contributed by atoms with van der Waals surface area (Å²) in [5.74, 6) is 1.19. The van der Waals surface area contributed by atoms with Crippen molar-refractivity contribution in [3.63, 3.8) is 0 Å². The maximum Gasteiger partial charge on any atom is 0.196 e. The summed E-state index contributed by atoms with van der Waals surface area (Å²) in [6, 6.07) is 18.1. The monoisotopic (exact) mass is 534 g/mol. The Balaban J connectivity index is 0.00000160. The zero-order chi connectivity index (χ0) is 23.8. The Kier molecular flexibility index (Phi) is 7.97. The molecule has 2 aliphatic heterocycles. The highest BCUT2D eigenvalue weighted by Gasteiger charge is 2.15. The molecule has 7 nitrogen and oxygen atoms in total. The Bertz CT molecular complexity index is 1590. The van der Waals surface area contributed by atoms with Gasteiger partial charge in [-0.3, -0.25) is 0 Å². The van der Waals surface area contributed by atoms with Crippen molar-refractivity contribution in [2.75, 3.05) is 38.1 Å². The van der Waals surface area contributed by atoms with Gasteiger partial charge < -0.3 is 19.9 Å².